The first kappa shape index (κ1) is 24.9. The molecule has 0 aromatic carbocycles. The van der Waals surface area contributed by atoms with E-state index in [0.717, 1.165) is 38.5 Å². The van der Waals surface area contributed by atoms with E-state index in [1.807, 2.05) is 21.1 Å². The van der Waals surface area contributed by atoms with Crippen LogP contribution < -0.4 is 5.73 Å². The second-order valence-corrected chi connectivity index (χ2v) is 8.05. The van der Waals surface area contributed by atoms with E-state index in [4.69, 9.17) is 10.5 Å². The Hall–Kier alpha value is -1.14. The third-order valence-electron chi connectivity index (χ3n) is 4.69. The van der Waals surface area contributed by atoms with Crippen LogP contribution in [0.3, 0.4) is 0 Å². The Morgan fingerprint density at radius 1 is 0.885 bits per heavy atom. The molecule has 0 spiro atoms. The first-order valence-electron chi connectivity index (χ1n) is 10.2. The summed E-state index contributed by atoms with van der Waals surface area (Å²) in [6.45, 7) is 1.00. The molecule has 0 heterocycles. The van der Waals surface area contributed by atoms with Crippen LogP contribution in [0.5, 0.6) is 0 Å². The molecule has 0 rings (SSSR count). The van der Waals surface area contributed by atoms with Crippen LogP contribution in [0.2, 0.25) is 0 Å². The van der Waals surface area contributed by atoms with E-state index in [2.05, 4.69) is 0 Å². The summed E-state index contributed by atoms with van der Waals surface area (Å²) in [6.07, 6.45) is 12.1. The molecule has 0 radical (unpaired) electrons. The zero-order valence-electron chi connectivity index (χ0n) is 17.2. The Morgan fingerprint density at radius 2 is 1.38 bits per heavy atom. The number of esters is 1. The highest BCUT2D eigenvalue weighted by Crippen LogP contribution is 2.15. The van der Waals surface area contributed by atoms with Crippen LogP contribution in [0.1, 0.15) is 77.0 Å². The summed E-state index contributed by atoms with van der Waals surface area (Å²) < 4.78 is 5.54. The van der Waals surface area contributed by atoms with Crippen LogP contribution in [0.4, 0.5) is 0 Å². The number of carboxylic acid groups (broad SMARTS) is 1. The van der Waals surface area contributed by atoms with Gasteiger partial charge in [0.15, 0.2) is 6.04 Å². The number of nitrogens with two attached hydrogens (primary N) is 1. The summed E-state index contributed by atoms with van der Waals surface area (Å²) >= 11 is 0. The lowest BCUT2D eigenvalue weighted by Gasteiger charge is -2.31. The first-order valence-corrected chi connectivity index (χ1v) is 10.2. The molecule has 6 heteroatoms. The summed E-state index contributed by atoms with van der Waals surface area (Å²) in [4.78, 5) is 22.7. The fourth-order valence-corrected chi connectivity index (χ4v) is 3.03. The minimum Gasteiger partial charge on any atom is -0.477 e. The number of hydrogen-bond acceptors (Lipinski definition) is 4. The van der Waals surface area contributed by atoms with Crippen LogP contribution >= 0.6 is 0 Å². The highest BCUT2D eigenvalue weighted by Gasteiger charge is 2.30. The number of rotatable bonds is 17. The maximum atomic E-state index is 11.4. The molecule has 6 nitrogen and oxygen atoms in total. The SMILES string of the molecule is C[N+](C)(C)C(CCCCCCCCCCCC(=O)OCCCN)C(=O)O. The molecule has 0 aliphatic heterocycles. The van der Waals surface area contributed by atoms with Gasteiger partial charge in [0.25, 0.3) is 0 Å². The molecule has 26 heavy (non-hydrogen) atoms. The first-order chi connectivity index (χ1) is 12.3. The predicted molar refractivity (Wildman–Crippen MR) is 105 cm³/mol. The largest absolute Gasteiger partial charge is 0.477 e. The fraction of sp³-hybridized carbons (Fsp3) is 0.900. The summed E-state index contributed by atoms with van der Waals surface area (Å²) in [5.41, 5.74) is 5.35. The van der Waals surface area contributed by atoms with Gasteiger partial charge in [-0.2, -0.15) is 0 Å². The van der Waals surface area contributed by atoms with Gasteiger partial charge in [0.1, 0.15) is 0 Å². The number of hydrogen-bond donors (Lipinski definition) is 2. The number of carboxylic acids is 1. The van der Waals surface area contributed by atoms with Crippen molar-refractivity contribution in [3.05, 3.63) is 0 Å². The lowest BCUT2D eigenvalue weighted by molar-refractivity contribution is -0.887. The number of carbonyl (C=O) groups is 2. The van der Waals surface area contributed by atoms with E-state index in [-0.39, 0.29) is 12.0 Å². The lowest BCUT2D eigenvalue weighted by atomic mass is 10.0. The molecule has 1 unspecified atom stereocenters. The Bertz CT molecular complexity index is 380. The van der Waals surface area contributed by atoms with Crippen LogP contribution in [0.25, 0.3) is 0 Å². The molecule has 0 saturated heterocycles. The van der Waals surface area contributed by atoms with Crippen molar-refractivity contribution in [1.82, 2.24) is 0 Å². The average Bonchev–Trinajstić information content (AvgIpc) is 2.54. The van der Waals surface area contributed by atoms with Gasteiger partial charge in [0, 0.05) is 12.8 Å². The quantitative estimate of drug-likeness (QED) is 0.232. The summed E-state index contributed by atoms with van der Waals surface area (Å²) in [5.74, 6) is -0.798. The number of carbonyl (C=O) groups excluding carboxylic acids is 1. The minimum atomic E-state index is -0.694. The van der Waals surface area contributed by atoms with Crippen molar-refractivity contribution in [2.24, 2.45) is 5.73 Å². The van der Waals surface area contributed by atoms with Crippen LogP contribution in [-0.4, -0.2) is 61.9 Å². The monoisotopic (exact) mass is 373 g/mol. The number of quaternary nitrogens is 1. The van der Waals surface area contributed by atoms with Gasteiger partial charge in [-0.05, 0) is 25.8 Å². The smallest absolute Gasteiger partial charge is 0.362 e. The molecule has 3 N–H and O–H groups in total. The van der Waals surface area contributed by atoms with Gasteiger partial charge >= 0.3 is 11.9 Å². The second-order valence-electron chi connectivity index (χ2n) is 8.05. The van der Waals surface area contributed by atoms with Crippen molar-refractivity contribution >= 4 is 11.9 Å². The van der Waals surface area contributed by atoms with E-state index in [1.165, 1.54) is 32.1 Å². The van der Waals surface area contributed by atoms with Crippen molar-refractivity contribution < 1.29 is 23.9 Å². The second kappa shape index (κ2) is 15.0. The molecular weight excluding hydrogens is 332 g/mol. The standard InChI is InChI=1S/C20H40N2O4/c1-22(2,3)18(20(24)25)14-11-9-7-5-4-6-8-10-12-15-19(23)26-17-13-16-21/h18H,4-17,21H2,1-3H3/p+1. The maximum absolute atomic E-state index is 11.4. The van der Waals surface area contributed by atoms with Crippen LogP contribution in [0, 0.1) is 0 Å². The number of aliphatic carboxylic acids is 1. The van der Waals surface area contributed by atoms with Gasteiger partial charge in [0.05, 0.1) is 27.7 Å². The molecule has 0 bridgehead atoms. The zero-order chi connectivity index (χ0) is 19.8. The molecular formula is C20H41N2O4+. The molecule has 0 amide bonds. The highest BCUT2D eigenvalue weighted by molar-refractivity contribution is 5.72. The molecule has 0 fully saturated rings. The molecule has 154 valence electrons. The summed E-state index contributed by atoms with van der Waals surface area (Å²) in [5, 5.41) is 9.29. The van der Waals surface area contributed by atoms with Gasteiger partial charge in [-0.1, -0.05) is 44.9 Å². The zero-order valence-corrected chi connectivity index (χ0v) is 17.2. The molecule has 0 aromatic rings. The predicted octanol–water partition coefficient (Wildman–Crippen LogP) is 3.33. The third kappa shape index (κ3) is 14.1. The number of nitrogens with zero attached hydrogens (tertiary/aromatic N) is 1. The van der Waals surface area contributed by atoms with Gasteiger partial charge in [-0.3, -0.25) is 4.79 Å². The van der Waals surface area contributed by atoms with E-state index < -0.39 is 5.97 Å². The van der Waals surface area contributed by atoms with Crippen molar-refractivity contribution in [3.63, 3.8) is 0 Å². The number of likely N-dealkylation sites (N-methyl/N-ethyl adjacent to an activating group) is 1. The summed E-state index contributed by atoms with van der Waals surface area (Å²) in [7, 11) is 5.83. The molecule has 1 atom stereocenters. The Morgan fingerprint density at radius 3 is 1.85 bits per heavy atom. The molecule has 0 aliphatic carbocycles. The maximum Gasteiger partial charge on any atom is 0.362 e. The van der Waals surface area contributed by atoms with Crippen LogP contribution in [0.15, 0.2) is 0 Å². The Balaban J connectivity index is 3.44. The van der Waals surface area contributed by atoms with Crippen LogP contribution in [-0.2, 0) is 14.3 Å². The van der Waals surface area contributed by atoms with E-state index in [0.29, 0.717) is 24.1 Å². The van der Waals surface area contributed by atoms with Crippen molar-refractivity contribution in [1.29, 1.82) is 0 Å². The fourth-order valence-electron chi connectivity index (χ4n) is 3.03. The lowest BCUT2D eigenvalue weighted by Crippen LogP contribution is -2.49. The van der Waals surface area contributed by atoms with Gasteiger partial charge in [0.2, 0.25) is 0 Å². The number of ether oxygens (including phenoxy) is 1. The Kier molecular flexibility index (Phi) is 14.3. The van der Waals surface area contributed by atoms with E-state index in [9.17, 15) is 14.7 Å². The van der Waals surface area contributed by atoms with Crippen molar-refractivity contribution in [3.8, 4) is 0 Å². The number of unbranched alkanes of at least 4 members (excludes halogenated alkanes) is 8. The van der Waals surface area contributed by atoms with Gasteiger partial charge in [-0.25, -0.2) is 4.79 Å². The molecule has 0 saturated carbocycles. The normalized spacial score (nSPS) is 12.8. The highest BCUT2D eigenvalue weighted by atomic mass is 16.5. The van der Waals surface area contributed by atoms with Gasteiger partial charge in [-0.15, -0.1) is 0 Å². The van der Waals surface area contributed by atoms with Crippen molar-refractivity contribution in [2.45, 2.75) is 83.1 Å². The summed E-state index contributed by atoms with van der Waals surface area (Å²) in [6, 6.07) is -0.308. The molecule has 0 aliphatic rings. The van der Waals surface area contributed by atoms with Crippen molar-refractivity contribution in [2.75, 3.05) is 34.3 Å². The van der Waals surface area contributed by atoms with E-state index >= 15 is 0 Å². The molecule has 0 aromatic heterocycles. The van der Waals surface area contributed by atoms with E-state index in [1.54, 1.807) is 0 Å². The Labute approximate surface area is 159 Å². The minimum absolute atomic E-state index is 0.105. The van der Waals surface area contributed by atoms with Gasteiger partial charge < -0.3 is 20.1 Å². The third-order valence-corrected chi connectivity index (χ3v) is 4.69. The topological polar surface area (TPSA) is 89.6 Å². The average molecular weight is 374 g/mol.